The molecular formula is C22H25FN8O. The Morgan fingerprint density at radius 2 is 1.72 bits per heavy atom. The summed E-state index contributed by atoms with van der Waals surface area (Å²) in [6, 6.07) is 10.6. The Hall–Kier alpha value is -3.56. The lowest BCUT2D eigenvalue weighted by Gasteiger charge is -2.40. The Morgan fingerprint density at radius 1 is 0.938 bits per heavy atom. The zero-order valence-corrected chi connectivity index (χ0v) is 17.7. The number of anilines is 2. The number of piperazine rings is 1. The second-order valence-electron chi connectivity index (χ2n) is 8.14. The van der Waals surface area contributed by atoms with Gasteiger partial charge in [-0.3, -0.25) is 4.79 Å². The predicted molar refractivity (Wildman–Crippen MR) is 117 cm³/mol. The first-order chi connectivity index (χ1) is 15.7. The molecule has 1 unspecified atom stereocenters. The van der Waals surface area contributed by atoms with Gasteiger partial charge in [0.25, 0.3) is 0 Å². The van der Waals surface area contributed by atoms with Crippen molar-refractivity contribution in [2.45, 2.75) is 12.8 Å². The lowest BCUT2D eigenvalue weighted by Crippen LogP contribution is -2.52. The monoisotopic (exact) mass is 436 g/mol. The van der Waals surface area contributed by atoms with Crippen molar-refractivity contribution < 1.29 is 9.18 Å². The van der Waals surface area contributed by atoms with Gasteiger partial charge in [-0.2, -0.15) is 5.10 Å². The Kier molecular flexibility index (Phi) is 5.66. The number of carbonyl (C=O) groups is 1. The lowest BCUT2D eigenvalue weighted by atomic mass is 9.96. The summed E-state index contributed by atoms with van der Waals surface area (Å²) < 4.78 is 15.6. The van der Waals surface area contributed by atoms with Crippen LogP contribution in [-0.2, 0) is 4.79 Å². The maximum Gasteiger partial charge on any atom is 0.227 e. The number of carbonyl (C=O) groups excluding carboxylic acids is 1. The van der Waals surface area contributed by atoms with Crippen LogP contribution in [0.4, 0.5) is 15.9 Å². The third-order valence-electron chi connectivity index (χ3n) is 6.17. The van der Waals surface area contributed by atoms with E-state index in [9.17, 15) is 9.18 Å². The van der Waals surface area contributed by atoms with Gasteiger partial charge in [0.1, 0.15) is 18.5 Å². The molecule has 1 aromatic carbocycles. The number of halogens is 1. The first-order valence-electron chi connectivity index (χ1n) is 10.9. The van der Waals surface area contributed by atoms with E-state index in [-0.39, 0.29) is 17.6 Å². The van der Waals surface area contributed by atoms with E-state index in [1.54, 1.807) is 23.1 Å². The van der Waals surface area contributed by atoms with Crippen LogP contribution in [0.2, 0.25) is 0 Å². The van der Waals surface area contributed by atoms with E-state index in [0.29, 0.717) is 44.2 Å². The number of rotatable bonds is 4. The molecule has 3 aromatic rings. The molecule has 166 valence electrons. The van der Waals surface area contributed by atoms with Gasteiger partial charge in [-0.15, -0.1) is 10.2 Å². The molecule has 9 nitrogen and oxygen atoms in total. The normalized spacial score (nSPS) is 19.3. The number of aromatic nitrogens is 5. The zero-order valence-electron chi connectivity index (χ0n) is 17.7. The Morgan fingerprint density at radius 3 is 2.44 bits per heavy atom. The quantitative estimate of drug-likeness (QED) is 0.616. The van der Waals surface area contributed by atoms with Gasteiger partial charge >= 0.3 is 0 Å². The van der Waals surface area contributed by atoms with Crippen molar-refractivity contribution in [3.8, 4) is 5.82 Å². The molecule has 10 heteroatoms. The molecule has 2 aliphatic heterocycles. The summed E-state index contributed by atoms with van der Waals surface area (Å²) in [6.45, 7) is 3.97. The topological polar surface area (TPSA) is 83.3 Å². The molecule has 1 amide bonds. The van der Waals surface area contributed by atoms with Crippen molar-refractivity contribution >= 4 is 17.4 Å². The van der Waals surface area contributed by atoms with Gasteiger partial charge < -0.3 is 14.7 Å². The molecule has 0 bridgehead atoms. The summed E-state index contributed by atoms with van der Waals surface area (Å²) in [6.07, 6.45) is 4.82. The molecule has 2 aromatic heterocycles. The van der Waals surface area contributed by atoms with Crippen LogP contribution in [0.3, 0.4) is 0 Å². The van der Waals surface area contributed by atoms with Crippen LogP contribution in [0, 0.1) is 11.7 Å². The second-order valence-corrected chi connectivity index (χ2v) is 8.14. The molecule has 0 saturated carbocycles. The van der Waals surface area contributed by atoms with E-state index in [2.05, 4.69) is 25.2 Å². The zero-order chi connectivity index (χ0) is 21.9. The minimum atomic E-state index is -0.217. The van der Waals surface area contributed by atoms with Crippen molar-refractivity contribution in [2.75, 3.05) is 49.1 Å². The van der Waals surface area contributed by atoms with Crippen molar-refractivity contribution in [3.63, 3.8) is 0 Å². The van der Waals surface area contributed by atoms with Gasteiger partial charge in [-0.05, 0) is 37.1 Å². The number of hydrogen-bond donors (Lipinski definition) is 0. The average molecular weight is 436 g/mol. The second kappa shape index (κ2) is 8.89. The molecule has 0 spiro atoms. The fourth-order valence-electron chi connectivity index (χ4n) is 4.46. The number of hydrogen-bond acceptors (Lipinski definition) is 7. The van der Waals surface area contributed by atoms with E-state index in [4.69, 9.17) is 0 Å². The number of amides is 1. The van der Waals surface area contributed by atoms with Crippen LogP contribution >= 0.6 is 0 Å². The first kappa shape index (κ1) is 20.3. The minimum Gasteiger partial charge on any atom is -0.366 e. The standard InChI is InChI=1S/C22H25FN8O/c23-18-5-1-2-6-19(18)28-10-12-29(13-11-28)22(32)17-4-3-9-30(14-17)20-7-8-21(27-26-20)31-16-24-15-25-31/h1-2,5-8,15-17H,3-4,9-14H2. The molecule has 32 heavy (non-hydrogen) atoms. The summed E-state index contributed by atoms with van der Waals surface area (Å²) in [5.74, 6) is 1.25. The fraction of sp³-hybridized carbons (Fsp3) is 0.409. The van der Waals surface area contributed by atoms with Crippen LogP contribution in [-0.4, -0.2) is 75.0 Å². The molecule has 2 saturated heterocycles. The van der Waals surface area contributed by atoms with Crippen LogP contribution in [0.1, 0.15) is 12.8 Å². The maximum absolute atomic E-state index is 14.1. The molecule has 2 fully saturated rings. The third-order valence-corrected chi connectivity index (χ3v) is 6.17. The van der Waals surface area contributed by atoms with Crippen molar-refractivity contribution in [2.24, 2.45) is 5.92 Å². The van der Waals surface area contributed by atoms with Crippen LogP contribution < -0.4 is 9.80 Å². The van der Waals surface area contributed by atoms with E-state index in [1.807, 2.05) is 28.0 Å². The van der Waals surface area contributed by atoms with Gasteiger partial charge in [0.05, 0.1) is 11.6 Å². The lowest BCUT2D eigenvalue weighted by molar-refractivity contribution is -0.136. The molecular weight excluding hydrogens is 411 g/mol. The summed E-state index contributed by atoms with van der Waals surface area (Å²) in [5, 5.41) is 12.6. The van der Waals surface area contributed by atoms with Gasteiger partial charge in [-0.25, -0.2) is 14.1 Å². The van der Waals surface area contributed by atoms with E-state index in [0.717, 1.165) is 25.2 Å². The van der Waals surface area contributed by atoms with E-state index in [1.165, 1.54) is 12.4 Å². The number of nitrogens with zero attached hydrogens (tertiary/aromatic N) is 8. The Bertz CT molecular complexity index is 1050. The highest BCUT2D eigenvalue weighted by molar-refractivity contribution is 5.80. The van der Waals surface area contributed by atoms with E-state index < -0.39 is 0 Å². The molecule has 0 N–H and O–H groups in total. The van der Waals surface area contributed by atoms with Crippen molar-refractivity contribution in [3.05, 3.63) is 54.9 Å². The summed E-state index contributed by atoms with van der Waals surface area (Å²) in [7, 11) is 0. The summed E-state index contributed by atoms with van der Waals surface area (Å²) in [5.41, 5.74) is 0.608. The van der Waals surface area contributed by atoms with Crippen molar-refractivity contribution in [1.29, 1.82) is 0 Å². The summed E-state index contributed by atoms with van der Waals surface area (Å²) >= 11 is 0. The highest BCUT2D eigenvalue weighted by atomic mass is 19.1. The SMILES string of the molecule is O=C(C1CCCN(c2ccc(-n3cncn3)nn2)C1)N1CCN(c2ccccc2F)CC1. The van der Waals surface area contributed by atoms with Gasteiger partial charge in [0, 0.05) is 39.3 Å². The molecule has 4 heterocycles. The van der Waals surface area contributed by atoms with Gasteiger partial charge in [0.2, 0.25) is 5.91 Å². The Balaban J connectivity index is 1.19. The fourth-order valence-corrected chi connectivity index (χ4v) is 4.46. The third kappa shape index (κ3) is 4.12. The highest BCUT2D eigenvalue weighted by Gasteiger charge is 2.32. The minimum absolute atomic E-state index is 0.0689. The maximum atomic E-state index is 14.1. The number of benzene rings is 1. The molecule has 5 rings (SSSR count). The van der Waals surface area contributed by atoms with Gasteiger partial charge in [0.15, 0.2) is 11.6 Å². The molecule has 1 atom stereocenters. The number of piperidine rings is 1. The van der Waals surface area contributed by atoms with Gasteiger partial charge in [-0.1, -0.05) is 12.1 Å². The number of para-hydroxylation sites is 1. The molecule has 2 aliphatic rings. The van der Waals surface area contributed by atoms with Crippen LogP contribution in [0.25, 0.3) is 5.82 Å². The Labute approximate surface area is 185 Å². The highest BCUT2D eigenvalue weighted by Crippen LogP contribution is 2.25. The largest absolute Gasteiger partial charge is 0.366 e. The summed E-state index contributed by atoms with van der Waals surface area (Å²) in [4.78, 5) is 23.2. The van der Waals surface area contributed by atoms with Crippen LogP contribution in [0.5, 0.6) is 0 Å². The first-order valence-corrected chi connectivity index (χ1v) is 10.9. The molecule has 0 aliphatic carbocycles. The van der Waals surface area contributed by atoms with E-state index >= 15 is 0 Å². The smallest absolute Gasteiger partial charge is 0.227 e. The molecule has 0 radical (unpaired) electrons. The predicted octanol–water partition coefficient (Wildman–Crippen LogP) is 1.76. The van der Waals surface area contributed by atoms with Crippen LogP contribution in [0.15, 0.2) is 49.1 Å². The van der Waals surface area contributed by atoms with Crippen molar-refractivity contribution in [1.82, 2.24) is 29.9 Å². The average Bonchev–Trinajstić information content (AvgIpc) is 3.39.